The molecular formula is C107H172N2O27P2+2. The third kappa shape index (κ3) is 35.5. The van der Waals surface area contributed by atoms with Gasteiger partial charge in [-0.3, -0.25) is 38.4 Å². The minimum absolute atomic E-state index is 0.0171. The van der Waals surface area contributed by atoms with E-state index in [-0.39, 0.29) is 115 Å². The fourth-order valence-corrected chi connectivity index (χ4v) is 21.9. The highest BCUT2D eigenvalue weighted by atomic mass is 31.1. The standard InChI is InChI=1S/C52H81NO13P.C51H79NO13.C2H6OP.C2H6/c1-31-17-13-12-14-18-32(2)42(62-8)29-39-22-20-37(7)52(60,66-39)49(57)50(58)53-24-16-15-19-40(53)51(59)65-43(34(4)27-38-21-23-45(67(11)61)44(28-38)63-9)30-41(54)33(3)26-36(6)47(56)48(64-10)46(55)35(5)25-31;1-30-16-12-11-13-17-31(2)42(61-8)28-38-21-19-36(7)51(60,65-38)48(57)49(58)52-23-15-14-18-39(52)50(59)64-43(33(4)26-37-20-22-40(53)44(27-37)62-9)29-41(54)32(3)25-35(6)46(56)47(63-10)45(55)34(5)24-30;1-4(2)3;1-2/h12-14,17-18,26,31,33-35,37-40,42-45,47-48,56,60H,15-16,19-25,27-30H2,1-11H3;11-13,16-17,25,30,32-34,36-40,42-44,46-47,53,56,60H,14-15,18-24,26-29H2,1-10H3;1-2H3;1-2H3/q+1;;+1;/b14-12?,17-13+,32-18?,36-26+;13-11?,16-12+,31-17?,35-25+;;/t31-,33-,34-,35-,37-,38+,39+,40+,42+,43+,44-,45?,47-,48+,52-;30-,32-,33-,34-,36-,37+,38+,39+,40?,42+,43+,44-,46-,47+,51-;;/m11../s1. The van der Waals surface area contributed by atoms with E-state index in [0.29, 0.717) is 120 Å². The number of amides is 2. The van der Waals surface area contributed by atoms with Gasteiger partial charge < -0.3 is 82.7 Å². The number of methoxy groups -OCH3 is 6. The summed E-state index contributed by atoms with van der Waals surface area (Å²) in [6, 6.07) is -2.28. The number of nitrogens with zero attached hydrogens (tertiary/aromatic N) is 2. The second-order valence-corrected chi connectivity index (χ2v) is 43.9. The Bertz CT molecular complexity index is 4240. The molecule has 780 valence electrons. The minimum atomic E-state index is -2.43. The molecule has 0 spiro atoms. The topological polar surface area (TPSA) is 405 Å². The number of ketones is 6. The highest BCUT2D eigenvalue weighted by Gasteiger charge is 2.56. The molecule has 29 nitrogen and oxygen atoms in total. The summed E-state index contributed by atoms with van der Waals surface area (Å²) < 4.78 is 81.2. The monoisotopic (exact) mass is 1980 g/mol. The van der Waals surface area contributed by atoms with Crippen molar-refractivity contribution >= 4 is 74.1 Å². The molecule has 0 aromatic carbocycles. The molecule has 8 rings (SSSR count). The Labute approximate surface area is 825 Å². The van der Waals surface area contributed by atoms with E-state index < -0.39 is 177 Å². The molecule has 31 heteroatoms. The number of piperidine rings is 2. The van der Waals surface area contributed by atoms with Gasteiger partial charge >= 0.3 is 27.5 Å². The highest BCUT2D eigenvalue weighted by molar-refractivity contribution is 7.44. The molecule has 2 aliphatic carbocycles. The van der Waals surface area contributed by atoms with Gasteiger partial charge in [-0.15, -0.1) is 0 Å². The van der Waals surface area contributed by atoms with Gasteiger partial charge in [-0.1, -0.05) is 165 Å². The van der Waals surface area contributed by atoms with Gasteiger partial charge in [-0.25, -0.2) is 9.59 Å². The lowest BCUT2D eigenvalue weighted by Gasteiger charge is -2.42. The second-order valence-electron chi connectivity index (χ2n) is 40.5. The Kier molecular flexibility index (Phi) is 52.7. The number of aliphatic hydroxyl groups excluding tert-OH is 3. The van der Waals surface area contributed by atoms with Gasteiger partial charge in [0.25, 0.3) is 23.4 Å². The van der Waals surface area contributed by atoms with Crippen molar-refractivity contribution in [2.45, 2.75) is 374 Å². The average molecular weight is 1980 g/mol. The lowest BCUT2D eigenvalue weighted by molar-refractivity contribution is -0.265. The van der Waals surface area contributed by atoms with Crippen LogP contribution in [-0.2, 0) is 104 Å². The molecular weight excluding hydrogens is 1810 g/mol. The van der Waals surface area contributed by atoms with Gasteiger partial charge in [0.15, 0.2) is 17.2 Å². The summed E-state index contributed by atoms with van der Waals surface area (Å²) in [5.74, 6) is -15.9. The fraction of sp³-hybridized carbons (Fsp3) is 0.757. The van der Waals surface area contributed by atoms with Gasteiger partial charge in [0.05, 0.1) is 36.6 Å². The summed E-state index contributed by atoms with van der Waals surface area (Å²) in [7, 11) is 6.78. The molecule has 6 fully saturated rings. The van der Waals surface area contributed by atoms with Crippen molar-refractivity contribution in [3.8, 4) is 0 Å². The molecule has 8 aliphatic rings. The molecule has 6 heterocycles. The Balaban J connectivity index is 0.000000461. The Morgan fingerprint density at radius 3 is 1.17 bits per heavy atom. The van der Waals surface area contributed by atoms with E-state index in [4.69, 9.17) is 47.4 Å². The van der Waals surface area contributed by atoms with Crippen LogP contribution in [0.4, 0.5) is 0 Å². The Morgan fingerprint density at radius 2 is 0.819 bits per heavy atom. The summed E-state index contributed by atoms with van der Waals surface area (Å²) >= 11 is 0. The molecule has 5 N–H and O–H groups in total. The predicted octanol–water partition coefficient (Wildman–Crippen LogP) is 15.9. The largest absolute Gasteiger partial charge is 0.460 e. The van der Waals surface area contributed by atoms with Gasteiger partial charge in [-0.2, -0.15) is 0 Å². The van der Waals surface area contributed by atoms with Crippen LogP contribution < -0.4 is 0 Å². The third-order valence-electron chi connectivity index (χ3n) is 29.4. The number of hydrogen-bond acceptors (Lipinski definition) is 27. The maximum absolute atomic E-state index is 14.4. The quantitative estimate of drug-likeness (QED) is 0.0495. The van der Waals surface area contributed by atoms with Crippen LogP contribution in [0.1, 0.15) is 265 Å². The molecule has 0 aromatic rings. The van der Waals surface area contributed by atoms with Crippen LogP contribution in [0, 0.1) is 71.0 Å². The van der Waals surface area contributed by atoms with Crippen molar-refractivity contribution in [2.75, 3.05) is 75.7 Å². The molecule has 4 saturated heterocycles. The molecule has 2 amide bonds. The van der Waals surface area contributed by atoms with Crippen LogP contribution in [0.3, 0.4) is 0 Å². The van der Waals surface area contributed by atoms with Gasteiger partial charge in [0.2, 0.25) is 11.6 Å². The van der Waals surface area contributed by atoms with Crippen molar-refractivity contribution in [1.29, 1.82) is 0 Å². The number of aliphatic hydroxyl groups is 5. The van der Waals surface area contributed by atoms with Crippen LogP contribution in [0.25, 0.3) is 0 Å². The lowest BCUT2D eigenvalue weighted by Crippen LogP contribution is -2.61. The average Bonchev–Trinajstić information content (AvgIpc) is 0.774. The van der Waals surface area contributed by atoms with Crippen LogP contribution in [0.5, 0.6) is 0 Å². The van der Waals surface area contributed by atoms with Gasteiger partial charge in [0, 0.05) is 117 Å². The number of allylic oxidation sites excluding steroid dienone is 12. The number of cyclic esters (lactones) is 2. The van der Waals surface area contributed by atoms with Crippen molar-refractivity contribution in [2.24, 2.45) is 71.0 Å². The number of hydrogen-bond donors (Lipinski definition) is 5. The van der Waals surface area contributed by atoms with E-state index in [1.807, 2.05) is 130 Å². The number of Topliss-reactive ketones (excluding diaryl/α,β-unsaturated/α-hetero) is 6. The summed E-state index contributed by atoms with van der Waals surface area (Å²) in [6.07, 6.45) is 23.4. The minimum Gasteiger partial charge on any atom is -0.460 e. The first-order chi connectivity index (χ1) is 65.1. The van der Waals surface area contributed by atoms with Gasteiger partial charge in [-0.05, 0) is 214 Å². The highest BCUT2D eigenvalue weighted by Crippen LogP contribution is 2.45. The van der Waals surface area contributed by atoms with E-state index in [2.05, 4.69) is 0 Å². The summed E-state index contributed by atoms with van der Waals surface area (Å²) in [5, 5.41) is 57.3. The maximum Gasteiger partial charge on any atom is 0.341 e. The van der Waals surface area contributed by atoms with Crippen LogP contribution in [0.2, 0.25) is 0 Å². The molecule has 0 radical (unpaired) electrons. The van der Waals surface area contributed by atoms with E-state index in [0.717, 1.165) is 30.4 Å². The van der Waals surface area contributed by atoms with E-state index in [1.165, 1.54) is 24.0 Å². The number of esters is 2. The third-order valence-corrected chi connectivity index (χ3v) is 30.9. The number of fused-ring (bicyclic) bond motifs is 6. The molecule has 0 aromatic heterocycles. The summed E-state index contributed by atoms with van der Waals surface area (Å²) in [6.45, 7) is 34.6. The van der Waals surface area contributed by atoms with Crippen LogP contribution >= 0.6 is 15.6 Å². The first kappa shape index (κ1) is 122. The number of ether oxygens (including phenoxy) is 10. The van der Waals surface area contributed by atoms with Crippen molar-refractivity contribution in [3.63, 3.8) is 0 Å². The lowest BCUT2D eigenvalue weighted by atomic mass is 9.78. The van der Waals surface area contributed by atoms with Crippen molar-refractivity contribution in [1.82, 2.24) is 9.80 Å². The Morgan fingerprint density at radius 1 is 0.449 bits per heavy atom. The van der Waals surface area contributed by atoms with Crippen LogP contribution in [-0.4, -0.2) is 278 Å². The molecule has 4 bridgehead atoms. The van der Waals surface area contributed by atoms with E-state index in [9.17, 15) is 82.6 Å². The fourth-order valence-electron chi connectivity index (χ4n) is 20.6. The molecule has 31 atom stereocenters. The number of carbonyl (C=O) groups is 10. The summed E-state index contributed by atoms with van der Waals surface area (Å²) in [5.41, 5.74) is 2.48. The second kappa shape index (κ2) is 59.7. The van der Waals surface area contributed by atoms with E-state index in [1.54, 1.807) is 102 Å². The molecule has 2 saturated carbocycles. The summed E-state index contributed by atoms with van der Waals surface area (Å²) in [4.78, 5) is 144. The SMILES string of the molecule is CC.CO[C@H]1C[C@@H]2CC[C@@H](C)[C@@](O)(O2)C(=O)C(=O)N2CCCC[C@H]2C(=O)O[C@H]([C@H](C)C[C@@H]2CCC(O)[C@H](OC)C2)CC(=O)[C@H](C)/C=C(\C)[C@@H](O)[C@@H](OC)C(=O)[C@H](C)C[C@H](C)/C=C/C=CC=C1C.CO[C@H]1C[C@@H]2CC[C@@H](C)[C@@](O)(O2)C(=O)C(=O)N2CCCC[C@H]2C(=O)O[C@H]([C@H](C)C[C@@H]2CCC([P+](C)=O)[C@H](OC)C2)CC(=O)[C@H](C)/C=C(\C)[C@@H](O)[C@@H](OC)C(=O)[C@H](C)C[C@H](C)/C=C/C=CC=C1C.C[P+](C)=O. The van der Waals surface area contributed by atoms with E-state index >= 15 is 0 Å². The van der Waals surface area contributed by atoms with Crippen molar-refractivity contribution in [3.05, 3.63) is 95.2 Å². The zero-order valence-electron chi connectivity index (χ0n) is 87.5. The first-order valence-electron chi connectivity index (χ1n) is 50.6. The maximum atomic E-state index is 14.4. The van der Waals surface area contributed by atoms with Crippen LogP contribution in [0.15, 0.2) is 95.2 Å². The number of rotatable bonds is 13. The number of carbonyl (C=O) groups excluding carboxylic acids is 10. The van der Waals surface area contributed by atoms with Crippen molar-refractivity contribution < 1.29 is 130 Å². The zero-order valence-corrected chi connectivity index (χ0v) is 89.3. The Hall–Kier alpha value is -6.50. The molecule has 6 aliphatic heterocycles. The molecule has 138 heavy (non-hydrogen) atoms. The smallest absolute Gasteiger partial charge is 0.341 e. The molecule has 3 unspecified atom stereocenters. The zero-order chi connectivity index (χ0) is 103. The first-order valence-corrected chi connectivity index (χ1v) is 54.5. The van der Waals surface area contributed by atoms with Gasteiger partial charge in [0.1, 0.15) is 86.4 Å². The predicted molar refractivity (Wildman–Crippen MR) is 532 cm³/mol. The normalized spacial score (nSPS) is 37.4.